The highest BCUT2D eigenvalue weighted by molar-refractivity contribution is 4.90. The number of hydrogen-bond acceptors (Lipinski definition) is 4. The van der Waals surface area contributed by atoms with Crippen LogP contribution in [0.4, 0.5) is 0 Å². The van der Waals surface area contributed by atoms with Crippen molar-refractivity contribution in [1.29, 1.82) is 0 Å². The van der Waals surface area contributed by atoms with Gasteiger partial charge in [-0.3, -0.25) is 4.68 Å². The van der Waals surface area contributed by atoms with Crippen molar-refractivity contribution < 1.29 is 0 Å². The minimum Gasteiger partial charge on any atom is -0.315 e. The van der Waals surface area contributed by atoms with Gasteiger partial charge >= 0.3 is 0 Å². The summed E-state index contributed by atoms with van der Waals surface area (Å²) in [5.41, 5.74) is 0.987. The average molecular weight is 211 g/mol. The molecule has 0 aliphatic heterocycles. The fourth-order valence-electron chi connectivity index (χ4n) is 1.26. The average Bonchev–Trinajstić information content (AvgIpc) is 2.57. The van der Waals surface area contributed by atoms with Crippen LogP contribution in [-0.4, -0.2) is 34.6 Å². The molecule has 0 unspecified atom stereocenters. The Hall–Kier alpha value is -0.940. The van der Waals surface area contributed by atoms with E-state index in [1.807, 2.05) is 13.2 Å². The molecule has 0 saturated heterocycles. The number of rotatable bonds is 7. The normalized spacial score (nSPS) is 11.2. The molecule has 1 rings (SSSR count). The molecule has 0 atom stereocenters. The highest BCUT2D eigenvalue weighted by Gasteiger charge is 1.97. The van der Waals surface area contributed by atoms with Gasteiger partial charge in [0.15, 0.2) is 0 Å². The van der Waals surface area contributed by atoms with E-state index in [-0.39, 0.29) is 0 Å². The first-order valence-corrected chi connectivity index (χ1v) is 5.45. The Morgan fingerprint density at radius 3 is 2.67 bits per heavy atom. The highest BCUT2D eigenvalue weighted by Crippen LogP contribution is 1.89. The second-order valence-electron chi connectivity index (χ2n) is 4.16. The van der Waals surface area contributed by atoms with Crippen LogP contribution in [0.2, 0.25) is 0 Å². The minimum absolute atomic E-state index is 0.713. The fraction of sp³-hybridized carbons (Fsp3) is 0.800. The first-order valence-electron chi connectivity index (χ1n) is 5.45. The highest BCUT2D eigenvalue weighted by atomic mass is 15.4. The summed E-state index contributed by atoms with van der Waals surface area (Å²) in [5, 5.41) is 14.5. The van der Waals surface area contributed by atoms with E-state index in [1.54, 1.807) is 4.68 Å². The maximum Gasteiger partial charge on any atom is 0.0964 e. The summed E-state index contributed by atoms with van der Waals surface area (Å²) < 4.78 is 1.72. The third-order valence-electron chi connectivity index (χ3n) is 1.99. The molecule has 0 amide bonds. The Morgan fingerprint density at radius 2 is 2.07 bits per heavy atom. The number of aromatic nitrogens is 3. The zero-order valence-electron chi connectivity index (χ0n) is 9.82. The summed E-state index contributed by atoms with van der Waals surface area (Å²) >= 11 is 0. The molecule has 1 aromatic rings. The number of aryl methyl sites for hydroxylation is 1. The molecule has 0 aliphatic rings. The summed E-state index contributed by atoms with van der Waals surface area (Å²) in [6.45, 7) is 8.24. The first kappa shape index (κ1) is 12.1. The lowest BCUT2D eigenvalue weighted by molar-refractivity contribution is 0.534. The van der Waals surface area contributed by atoms with Gasteiger partial charge in [-0.1, -0.05) is 19.1 Å². The van der Waals surface area contributed by atoms with Crippen molar-refractivity contribution in [1.82, 2.24) is 25.6 Å². The Kier molecular flexibility index (Phi) is 5.28. The van der Waals surface area contributed by atoms with E-state index in [9.17, 15) is 0 Å². The van der Waals surface area contributed by atoms with E-state index in [4.69, 9.17) is 0 Å². The van der Waals surface area contributed by atoms with E-state index in [0.29, 0.717) is 5.92 Å². The summed E-state index contributed by atoms with van der Waals surface area (Å²) in [6.07, 6.45) is 1.93. The molecule has 0 bridgehead atoms. The molecule has 5 nitrogen and oxygen atoms in total. The minimum atomic E-state index is 0.713. The molecule has 86 valence electrons. The Labute approximate surface area is 91.2 Å². The molecule has 0 spiro atoms. The molecule has 2 N–H and O–H groups in total. The van der Waals surface area contributed by atoms with Crippen LogP contribution in [-0.2, 0) is 13.6 Å². The largest absolute Gasteiger partial charge is 0.315 e. The van der Waals surface area contributed by atoms with E-state index < -0.39 is 0 Å². The van der Waals surface area contributed by atoms with Gasteiger partial charge in [0.1, 0.15) is 0 Å². The Balaban J connectivity index is 1.98. The molecule has 15 heavy (non-hydrogen) atoms. The number of nitrogens with zero attached hydrogens (tertiary/aromatic N) is 3. The van der Waals surface area contributed by atoms with Gasteiger partial charge in [0.05, 0.1) is 5.69 Å². The van der Waals surface area contributed by atoms with Crippen molar-refractivity contribution in [3.05, 3.63) is 11.9 Å². The van der Waals surface area contributed by atoms with Crippen LogP contribution in [0.25, 0.3) is 0 Å². The standard InChI is InChI=1S/C10H21N5/c1-9(2)6-11-4-5-12-7-10-8-15(3)14-13-10/h8-9,11-12H,4-7H2,1-3H3. The second-order valence-corrected chi connectivity index (χ2v) is 4.16. The summed E-state index contributed by atoms with van der Waals surface area (Å²) in [5.74, 6) is 0.713. The van der Waals surface area contributed by atoms with Gasteiger partial charge in [-0.2, -0.15) is 0 Å². The molecule has 0 aromatic carbocycles. The van der Waals surface area contributed by atoms with E-state index >= 15 is 0 Å². The van der Waals surface area contributed by atoms with Crippen LogP contribution in [0.15, 0.2) is 6.20 Å². The Morgan fingerprint density at radius 1 is 1.33 bits per heavy atom. The van der Waals surface area contributed by atoms with Crippen LogP contribution >= 0.6 is 0 Å². The van der Waals surface area contributed by atoms with E-state index in [0.717, 1.165) is 31.9 Å². The van der Waals surface area contributed by atoms with Gasteiger partial charge in [0, 0.05) is 32.9 Å². The maximum atomic E-state index is 3.99. The zero-order chi connectivity index (χ0) is 11.1. The monoisotopic (exact) mass is 211 g/mol. The van der Waals surface area contributed by atoms with Crippen molar-refractivity contribution in [3.8, 4) is 0 Å². The van der Waals surface area contributed by atoms with Crippen LogP contribution in [0, 0.1) is 5.92 Å². The lowest BCUT2D eigenvalue weighted by Crippen LogP contribution is -2.29. The fourth-order valence-corrected chi connectivity index (χ4v) is 1.26. The molecule has 0 radical (unpaired) electrons. The van der Waals surface area contributed by atoms with E-state index in [2.05, 4.69) is 34.8 Å². The van der Waals surface area contributed by atoms with Crippen LogP contribution in [0.5, 0.6) is 0 Å². The van der Waals surface area contributed by atoms with Crippen molar-refractivity contribution in [2.75, 3.05) is 19.6 Å². The number of nitrogens with one attached hydrogen (secondary N) is 2. The van der Waals surface area contributed by atoms with Crippen molar-refractivity contribution >= 4 is 0 Å². The molecular formula is C10H21N5. The van der Waals surface area contributed by atoms with Crippen molar-refractivity contribution in [2.45, 2.75) is 20.4 Å². The van der Waals surface area contributed by atoms with Gasteiger partial charge in [-0.25, -0.2) is 0 Å². The third-order valence-corrected chi connectivity index (χ3v) is 1.99. The molecule has 0 saturated carbocycles. The lowest BCUT2D eigenvalue weighted by atomic mass is 10.2. The van der Waals surface area contributed by atoms with Crippen molar-refractivity contribution in [3.63, 3.8) is 0 Å². The van der Waals surface area contributed by atoms with E-state index in [1.165, 1.54) is 0 Å². The molecular weight excluding hydrogens is 190 g/mol. The molecule has 1 heterocycles. The Bertz CT molecular complexity index is 269. The van der Waals surface area contributed by atoms with Crippen LogP contribution in [0.1, 0.15) is 19.5 Å². The van der Waals surface area contributed by atoms with Gasteiger partial charge in [0.25, 0.3) is 0 Å². The SMILES string of the molecule is CC(C)CNCCNCc1cn(C)nn1. The smallest absolute Gasteiger partial charge is 0.0964 e. The second kappa shape index (κ2) is 6.53. The van der Waals surface area contributed by atoms with Crippen molar-refractivity contribution in [2.24, 2.45) is 13.0 Å². The number of hydrogen-bond donors (Lipinski definition) is 2. The molecule has 0 aliphatic carbocycles. The van der Waals surface area contributed by atoms with Gasteiger partial charge in [-0.05, 0) is 12.5 Å². The summed E-state index contributed by atoms with van der Waals surface area (Å²) in [4.78, 5) is 0. The summed E-state index contributed by atoms with van der Waals surface area (Å²) in [6, 6.07) is 0. The molecule has 1 aromatic heterocycles. The predicted octanol–water partition coefficient (Wildman–Crippen LogP) is 0.150. The maximum absolute atomic E-state index is 3.99. The molecule has 0 fully saturated rings. The molecule has 5 heteroatoms. The van der Waals surface area contributed by atoms with Gasteiger partial charge in [0.2, 0.25) is 0 Å². The first-order chi connectivity index (χ1) is 7.18. The summed E-state index contributed by atoms with van der Waals surface area (Å²) in [7, 11) is 1.88. The topological polar surface area (TPSA) is 54.8 Å². The quantitative estimate of drug-likeness (QED) is 0.630. The van der Waals surface area contributed by atoms with Gasteiger partial charge < -0.3 is 10.6 Å². The van der Waals surface area contributed by atoms with Gasteiger partial charge in [-0.15, -0.1) is 5.10 Å². The predicted molar refractivity (Wildman–Crippen MR) is 60.4 cm³/mol. The third kappa shape index (κ3) is 5.49. The van der Waals surface area contributed by atoms with Crippen LogP contribution in [0.3, 0.4) is 0 Å². The lowest BCUT2D eigenvalue weighted by Gasteiger charge is -2.07. The zero-order valence-corrected chi connectivity index (χ0v) is 9.82. The van der Waals surface area contributed by atoms with Crippen LogP contribution < -0.4 is 10.6 Å².